The molecule has 1 fully saturated rings. The number of anilines is 2. The van der Waals surface area contributed by atoms with Crippen LogP contribution in [-0.4, -0.2) is 28.2 Å². The molecule has 6 nitrogen and oxygen atoms in total. The maximum atomic E-state index is 9.62. The summed E-state index contributed by atoms with van der Waals surface area (Å²) in [5.41, 5.74) is 3.59. The van der Waals surface area contributed by atoms with E-state index in [1.54, 1.807) is 0 Å². The molecule has 0 radical (unpaired) electrons. The Kier molecular flexibility index (Phi) is 4.55. The lowest BCUT2D eigenvalue weighted by molar-refractivity contribution is 0.142. The molecule has 1 aliphatic carbocycles. The molecule has 0 spiro atoms. The van der Waals surface area contributed by atoms with Crippen LogP contribution in [0.15, 0.2) is 6.33 Å². The normalized spacial score (nSPS) is 17.4. The Morgan fingerprint density at radius 2 is 2.00 bits per heavy atom. The number of nitrogens with two attached hydrogens (primary N) is 1. The van der Waals surface area contributed by atoms with Crippen molar-refractivity contribution in [3.05, 3.63) is 11.9 Å². The van der Waals surface area contributed by atoms with Gasteiger partial charge in [-0.1, -0.05) is 19.8 Å². The number of aliphatic hydroxyl groups is 1. The second kappa shape index (κ2) is 6.16. The highest BCUT2D eigenvalue weighted by molar-refractivity contribution is 5.56. The van der Waals surface area contributed by atoms with Gasteiger partial charge in [-0.15, -0.1) is 0 Å². The number of nitrogen functional groups attached to an aromatic ring is 1. The number of nitrogens with one attached hydrogen (secondary N) is 2. The zero-order chi connectivity index (χ0) is 13.7. The van der Waals surface area contributed by atoms with Gasteiger partial charge in [0.1, 0.15) is 18.0 Å². The van der Waals surface area contributed by atoms with E-state index < -0.39 is 0 Å². The lowest BCUT2D eigenvalue weighted by Crippen LogP contribution is -2.31. The molecule has 0 bridgehead atoms. The molecule has 0 aliphatic heterocycles. The van der Waals surface area contributed by atoms with E-state index in [1.807, 2.05) is 6.92 Å². The lowest BCUT2D eigenvalue weighted by Gasteiger charge is -2.27. The van der Waals surface area contributed by atoms with E-state index in [0.29, 0.717) is 5.82 Å². The monoisotopic (exact) mass is 265 g/mol. The molecule has 0 unspecified atom stereocenters. The summed E-state index contributed by atoms with van der Waals surface area (Å²) in [6.45, 7) is 3.02. The van der Waals surface area contributed by atoms with Crippen LogP contribution < -0.4 is 16.6 Å². The predicted molar refractivity (Wildman–Crippen MR) is 75.7 cm³/mol. The van der Waals surface area contributed by atoms with E-state index in [1.165, 1.54) is 19.2 Å². The number of hydrogen-bond donors (Lipinski definition) is 4. The quantitative estimate of drug-likeness (QED) is 0.457. The van der Waals surface area contributed by atoms with Gasteiger partial charge in [-0.3, -0.25) is 0 Å². The molecule has 0 amide bonds. The Labute approximate surface area is 113 Å². The van der Waals surface area contributed by atoms with Crippen molar-refractivity contribution in [2.24, 2.45) is 11.3 Å². The van der Waals surface area contributed by atoms with E-state index >= 15 is 0 Å². The molecule has 19 heavy (non-hydrogen) atoms. The fourth-order valence-electron chi connectivity index (χ4n) is 2.81. The highest BCUT2D eigenvalue weighted by Crippen LogP contribution is 2.37. The average molecular weight is 265 g/mol. The molecule has 1 heterocycles. The Hall–Kier alpha value is -1.40. The van der Waals surface area contributed by atoms with Gasteiger partial charge in [0.25, 0.3) is 0 Å². The Balaban J connectivity index is 2.10. The second-order valence-corrected chi connectivity index (χ2v) is 5.27. The van der Waals surface area contributed by atoms with Gasteiger partial charge in [-0.2, -0.15) is 0 Å². The fourth-order valence-corrected chi connectivity index (χ4v) is 2.81. The van der Waals surface area contributed by atoms with Gasteiger partial charge in [0.15, 0.2) is 0 Å². The third-order valence-electron chi connectivity index (χ3n) is 4.07. The highest BCUT2D eigenvalue weighted by Gasteiger charge is 2.33. The van der Waals surface area contributed by atoms with Crippen molar-refractivity contribution in [1.29, 1.82) is 0 Å². The van der Waals surface area contributed by atoms with E-state index in [0.717, 1.165) is 37.2 Å². The van der Waals surface area contributed by atoms with E-state index in [4.69, 9.17) is 5.84 Å². The van der Waals surface area contributed by atoms with Crippen molar-refractivity contribution in [2.45, 2.75) is 39.0 Å². The minimum Gasteiger partial charge on any atom is -0.396 e. The number of aliphatic hydroxyl groups excluding tert-OH is 1. The molecule has 5 N–H and O–H groups in total. The van der Waals surface area contributed by atoms with Crippen molar-refractivity contribution in [1.82, 2.24) is 9.97 Å². The fraction of sp³-hybridized carbons (Fsp3) is 0.692. The van der Waals surface area contributed by atoms with Crippen LogP contribution in [0.5, 0.6) is 0 Å². The molecule has 0 saturated heterocycles. The van der Waals surface area contributed by atoms with Gasteiger partial charge in [0.2, 0.25) is 0 Å². The first kappa shape index (κ1) is 14.0. The summed E-state index contributed by atoms with van der Waals surface area (Å²) in [6.07, 6.45) is 6.84. The van der Waals surface area contributed by atoms with Crippen LogP contribution >= 0.6 is 0 Å². The Morgan fingerprint density at radius 1 is 1.32 bits per heavy atom. The van der Waals surface area contributed by atoms with Gasteiger partial charge < -0.3 is 15.8 Å². The molecule has 106 valence electrons. The lowest BCUT2D eigenvalue weighted by atomic mass is 9.87. The van der Waals surface area contributed by atoms with Crippen LogP contribution in [0.4, 0.5) is 11.6 Å². The van der Waals surface area contributed by atoms with E-state index in [9.17, 15) is 5.11 Å². The number of hydrogen-bond acceptors (Lipinski definition) is 6. The third-order valence-corrected chi connectivity index (χ3v) is 4.07. The van der Waals surface area contributed by atoms with Crippen molar-refractivity contribution >= 4 is 11.6 Å². The van der Waals surface area contributed by atoms with Gasteiger partial charge in [0, 0.05) is 17.5 Å². The maximum Gasteiger partial charge on any atom is 0.148 e. The summed E-state index contributed by atoms with van der Waals surface area (Å²) in [5.74, 6) is 6.92. The van der Waals surface area contributed by atoms with Crippen molar-refractivity contribution in [2.75, 3.05) is 23.9 Å². The minimum atomic E-state index is 0.00622. The van der Waals surface area contributed by atoms with Crippen molar-refractivity contribution in [3.63, 3.8) is 0 Å². The van der Waals surface area contributed by atoms with Gasteiger partial charge >= 0.3 is 0 Å². The third kappa shape index (κ3) is 2.96. The van der Waals surface area contributed by atoms with Gasteiger partial charge in [0.05, 0.1) is 6.61 Å². The summed E-state index contributed by atoms with van der Waals surface area (Å²) in [7, 11) is 0. The van der Waals surface area contributed by atoms with Gasteiger partial charge in [-0.25, -0.2) is 15.8 Å². The molecule has 0 aromatic carbocycles. The zero-order valence-corrected chi connectivity index (χ0v) is 11.4. The average Bonchev–Trinajstić information content (AvgIpc) is 2.94. The molecule has 6 heteroatoms. The van der Waals surface area contributed by atoms with Crippen LogP contribution in [-0.2, 0) is 6.42 Å². The predicted octanol–water partition coefficient (Wildman–Crippen LogP) is 1.29. The second-order valence-electron chi connectivity index (χ2n) is 5.27. The summed E-state index contributed by atoms with van der Waals surface area (Å²) in [4.78, 5) is 8.39. The number of nitrogens with zero attached hydrogens (tertiary/aromatic N) is 2. The molecule has 1 saturated carbocycles. The number of aromatic nitrogens is 2. The van der Waals surface area contributed by atoms with Crippen molar-refractivity contribution in [3.8, 4) is 0 Å². The Morgan fingerprint density at radius 3 is 2.58 bits per heavy atom. The number of rotatable bonds is 6. The Bertz CT molecular complexity index is 417. The van der Waals surface area contributed by atoms with Crippen LogP contribution in [0.3, 0.4) is 0 Å². The smallest absolute Gasteiger partial charge is 0.148 e. The highest BCUT2D eigenvalue weighted by atomic mass is 16.3. The summed E-state index contributed by atoms with van der Waals surface area (Å²) >= 11 is 0. The first-order valence-electron chi connectivity index (χ1n) is 6.90. The molecule has 0 atom stereocenters. The summed E-state index contributed by atoms with van der Waals surface area (Å²) in [6, 6.07) is 0. The first-order valence-corrected chi connectivity index (χ1v) is 6.90. The van der Waals surface area contributed by atoms with E-state index in [-0.39, 0.29) is 12.0 Å². The number of hydrazine groups is 1. The van der Waals surface area contributed by atoms with Crippen LogP contribution in [0, 0.1) is 5.41 Å². The topological polar surface area (TPSA) is 96.1 Å². The molecular weight excluding hydrogens is 242 g/mol. The van der Waals surface area contributed by atoms with E-state index in [2.05, 4.69) is 20.7 Å². The van der Waals surface area contributed by atoms with Crippen LogP contribution in [0.25, 0.3) is 0 Å². The van der Waals surface area contributed by atoms with Crippen LogP contribution in [0.2, 0.25) is 0 Å². The molecule has 1 aromatic rings. The minimum absolute atomic E-state index is 0.00622. The van der Waals surface area contributed by atoms with Gasteiger partial charge in [-0.05, 0) is 19.3 Å². The molecule has 1 aliphatic rings. The van der Waals surface area contributed by atoms with Crippen molar-refractivity contribution < 1.29 is 5.11 Å². The standard InChI is InChI=1S/C13H23N5O/c1-2-10-11(16-9-17-12(10)18-14)15-7-13(8-19)5-3-4-6-13/h9,19H,2-8,14H2,1H3,(H2,15,16,17,18). The largest absolute Gasteiger partial charge is 0.396 e. The maximum absolute atomic E-state index is 9.62. The van der Waals surface area contributed by atoms with Crippen LogP contribution in [0.1, 0.15) is 38.2 Å². The summed E-state index contributed by atoms with van der Waals surface area (Å²) < 4.78 is 0. The molecular formula is C13H23N5O. The molecule has 2 rings (SSSR count). The first-order chi connectivity index (χ1) is 9.24. The summed E-state index contributed by atoms with van der Waals surface area (Å²) in [5, 5.41) is 13.0. The molecule has 1 aromatic heterocycles. The zero-order valence-electron chi connectivity index (χ0n) is 11.4. The SMILES string of the molecule is CCc1c(NN)ncnc1NCC1(CO)CCCC1.